The Bertz CT molecular complexity index is 331. The molecule has 3 fully saturated rings. The van der Waals surface area contributed by atoms with Gasteiger partial charge in [0, 0.05) is 12.5 Å². The molecule has 1 N–H and O–H groups in total. The maximum Gasteiger partial charge on any atom is 0.326 e. The van der Waals surface area contributed by atoms with Crippen molar-refractivity contribution in [2.24, 2.45) is 17.8 Å². The molecule has 2 unspecified atom stereocenters. The van der Waals surface area contributed by atoms with Crippen LogP contribution >= 0.6 is 0 Å². The highest BCUT2D eigenvalue weighted by Gasteiger charge is 2.58. The van der Waals surface area contributed by atoms with E-state index in [4.69, 9.17) is 5.11 Å². The summed E-state index contributed by atoms with van der Waals surface area (Å²) in [6, 6.07) is -0.547. The molecule has 16 heavy (non-hydrogen) atoms. The second-order valence-corrected chi connectivity index (χ2v) is 5.31. The van der Waals surface area contributed by atoms with Gasteiger partial charge in [0.15, 0.2) is 0 Å². The highest BCUT2D eigenvalue weighted by atomic mass is 16.4. The number of aliphatic carboxylic acids is 1. The Kier molecular flexibility index (Phi) is 2.19. The quantitative estimate of drug-likeness (QED) is 0.763. The molecule has 0 aromatic heterocycles. The molecule has 0 bridgehead atoms. The van der Waals surface area contributed by atoms with Crippen molar-refractivity contribution in [1.82, 2.24) is 4.90 Å². The number of carboxylic acid groups (broad SMARTS) is 1. The zero-order valence-corrected chi connectivity index (χ0v) is 9.26. The summed E-state index contributed by atoms with van der Waals surface area (Å²) < 4.78 is 0. The molecule has 1 saturated heterocycles. The number of fused-ring (bicyclic) bond motifs is 1. The summed E-state index contributed by atoms with van der Waals surface area (Å²) >= 11 is 0. The predicted octanol–water partition coefficient (Wildman–Crippen LogP) is 1.11. The number of likely N-dealkylation sites (tertiary alicyclic amines) is 1. The normalized spacial score (nSPS) is 40.9. The summed E-state index contributed by atoms with van der Waals surface area (Å²) in [6.07, 6.45) is 5.06. The van der Waals surface area contributed by atoms with Crippen molar-refractivity contribution in [3.63, 3.8) is 0 Å². The van der Waals surface area contributed by atoms with E-state index in [1.54, 1.807) is 4.90 Å². The van der Waals surface area contributed by atoms with Gasteiger partial charge in [0.1, 0.15) is 6.04 Å². The van der Waals surface area contributed by atoms with Crippen LogP contribution in [0.2, 0.25) is 0 Å². The smallest absolute Gasteiger partial charge is 0.326 e. The molecule has 3 atom stereocenters. The Balaban J connectivity index is 1.69. The van der Waals surface area contributed by atoms with Crippen molar-refractivity contribution in [3.8, 4) is 0 Å². The van der Waals surface area contributed by atoms with Crippen LogP contribution in [-0.2, 0) is 9.59 Å². The molecular weight excluding hydrogens is 206 g/mol. The van der Waals surface area contributed by atoms with Crippen LogP contribution in [-0.4, -0.2) is 34.5 Å². The van der Waals surface area contributed by atoms with E-state index in [0.717, 1.165) is 6.42 Å². The number of hydrogen-bond donors (Lipinski definition) is 1. The molecule has 88 valence electrons. The van der Waals surface area contributed by atoms with Crippen LogP contribution in [0, 0.1) is 17.8 Å². The number of amides is 1. The summed E-state index contributed by atoms with van der Waals surface area (Å²) in [5.41, 5.74) is 0. The van der Waals surface area contributed by atoms with Crippen molar-refractivity contribution < 1.29 is 14.7 Å². The van der Waals surface area contributed by atoms with E-state index >= 15 is 0 Å². The van der Waals surface area contributed by atoms with E-state index in [0.29, 0.717) is 24.8 Å². The van der Waals surface area contributed by atoms with Gasteiger partial charge in [-0.05, 0) is 37.5 Å². The van der Waals surface area contributed by atoms with Gasteiger partial charge >= 0.3 is 5.97 Å². The lowest BCUT2D eigenvalue weighted by Gasteiger charge is -2.22. The Labute approximate surface area is 94.6 Å². The molecule has 4 nitrogen and oxygen atoms in total. The van der Waals surface area contributed by atoms with Gasteiger partial charge in [0.05, 0.1) is 0 Å². The maximum absolute atomic E-state index is 12.2. The van der Waals surface area contributed by atoms with Gasteiger partial charge in [0.25, 0.3) is 0 Å². The summed E-state index contributed by atoms with van der Waals surface area (Å²) in [5.74, 6) is 0.634. The van der Waals surface area contributed by atoms with E-state index in [1.165, 1.54) is 19.3 Å². The van der Waals surface area contributed by atoms with Crippen LogP contribution in [0.25, 0.3) is 0 Å². The first-order chi connectivity index (χ1) is 7.70. The second-order valence-electron chi connectivity index (χ2n) is 5.31. The fourth-order valence-electron chi connectivity index (χ4n) is 3.67. The highest BCUT2D eigenvalue weighted by molar-refractivity contribution is 5.87. The van der Waals surface area contributed by atoms with Gasteiger partial charge in [-0.15, -0.1) is 0 Å². The number of hydrogen-bond acceptors (Lipinski definition) is 2. The summed E-state index contributed by atoms with van der Waals surface area (Å²) in [5, 5.41) is 9.04. The summed E-state index contributed by atoms with van der Waals surface area (Å²) in [4.78, 5) is 24.8. The zero-order valence-electron chi connectivity index (χ0n) is 9.26. The van der Waals surface area contributed by atoms with Gasteiger partial charge in [-0.25, -0.2) is 4.79 Å². The molecule has 1 heterocycles. The lowest BCUT2D eigenvalue weighted by molar-refractivity contribution is -0.149. The summed E-state index contributed by atoms with van der Waals surface area (Å²) in [7, 11) is 0. The zero-order chi connectivity index (χ0) is 11.3. The minimum absolute atomic E-state index is 0.125. The molecule has 1 amide bonds. The summed E-state index contributed by atoms with van der Waals surface area (Å²) in [6.45, 7) is 0.645. The van der Waals surface area contributed by atoms with E-state index in [1.807, 2.05) is 0 Å². The van der Waals surface area contributed by atoms with Crippen LogP contribution < -0.4 is 0 Å². The van der Waals surface area contributed by atoms with Crippen molar-refractivity contribution in [2.75, 3.05) is 6.54 Å². The first-order valence-corrected chi connectivity index (χ1v) is 6.23. The molecular formula is C12H17NO3. The molecule has 0 radical (unpaired) electrons. The van der Waals surface area contributed by atoms with Crippen molar-refractivity contribution in [1.29, 1.82) is 0 Å². The Morgan fingerprint density at radius 2 is 1.75 bits per heavy atom. The van der Waals surface area contributed by atoms with Crippen molar-refractivity contribution >= 4 is 11.9 Å². The average Bonchev–Trinajstić information content (AvgIpc) is 2.74. The number of nitrogens with zero attached hydrogens (tertiary/aromatic N) is 1. The van der Waals surface area contributed by atoms with Gasteiger partial charge in [-0.2, -0.15) is 0 Å². The third-order valence-electron chi connectivity index (χ3n) is 4.51. The lowest BCUT2D eigenvalue weighted by atomic mass is 10.1. The first kappa shape index (κ1) is 10.1. The highest BCUT2D eigenvalue weighted by Crippen LogP contribution is 2.58. The molecule has 3 rings (SSSR count). The molecule has 2 aliphatic carbocycles. The molecule has 0 aromatic rings. The van der Waals surface area contributed by atoms with Crippen molar-refractivity contribution in [3.05, 3.63) is 0 Å². The van der Waals surface area contributed by atoms with Crippen molar-refractivity contribution in [2.45, 2.75) is 38.1 Å². The monoisotopic (exact) mass is 223 g/mol. The SMILES string of the molecule is O=C(O)[C@H]1CCCN1C(=O)C1C2CCCC21. The molecule has 0 aromatic carbocycles. The largest absolute Gasteiger partial charge is 0.480 e. The third-order valence-corrected chi connectivity index (χ3v) is 4.51. The Morgan fingerprint density at radius 1 is 1.06 bits per heavy atom. The fraction of sp³-hybridized carbons (Fsp3) is 0.833. The molecule has 0 spiro atoms. The molecule has 4 heteroatoms. The van der Waals surface area contributed by atoms with E-state index in [9.17, 15) is 9.59 Å². The number of carbonyl (C=O) groups excluding carboxylic acids is 1. The van der Waals surface area contributed by atoms with Gasteiger partial charge in [-0.1, -0.05) is 6.42 Å². The molecule has 3 aliphatic rings. The van der Waals surface area contributed by atoms with E-state index in [-0.39, 0.29) is 11.8 Å². The topological polar surface area (TPSA) is 57.6 Å². The van der Waals surface area contributed by atoms with Crippen LogP contribution in [0.1, 0.15) is 32.1 Å². The minimum Gasteiger partial charge on any atom is -0.480 e. The Hall–Kier alpha value is -1.06. The van der Waals surface area contributed by atoms with Crippen LogP contribution in [0.3, 0.4) is 0 Å². The predicted molar refractivity (Wildman–Crippen MR) is 56.7 cm³/mol. The van der Waals surface area contributed by atoms with Gasteiger partial charge in [-0.3, -0.25) is 4.79 Å². The number of carbonyl (C=O) groups is 2. The average molecular weight is 223 g/mol. The van der Waals surface area contributed by atoms with Crippen LogP contribution in [0.5, 0.6) is 0 Å². The second kappa shape index (κ2) is 3.47. The maximum atomic E-state index is 12.2. The first-order valence-electron chi connectivity index (χ1n) is 6.23. The molecule has 1 aliphatic heterocycles. The van der Waals surface area contributed by atoms with Crippen LogP contribution in [0.15, 0.2) is 0 Å². The van der Waals surface area contributed by atoms with Gasteiger partial charge < -0.3 is 10.0 Å². The van der Waals surface area contributed by atoms with Crippen LogP contribution in [0.4, 0.5) is 0 Å². The Morgan fingerprint density at radius 3 is 2.38 bits per heavy atom. The lowest BCUT2D eigenvalue weighted by Crippen LogP contribution is -2.41. The van der Waals surface area contributed by atoms with E-state index < -0.39 is 12.0 Å². The fourth-order valence-corrected chi connectivity index (χ4v) is 3.67. The minimum atomic E-state index is -0.836. The number of rotatable bonds is 2. The van der Waals surface area contributed by atoms with Gasteiger partial charge in [0.2, 0.25) is 5.91 Å². The van der Waals surface area contributed by atoms with E-state index in [2.05, 4.69) is 0 Å². The molecule has 2 saturated carbocycles. The standard InChI is InChI=1S/C12H17NO3/c14-11(10-7-3-1-4-8(7)10)13-6-2-5-9(13)12(15)16/h7-10H,1-6H2,(H,15,16)/t7?,8?,9-,10?/m1/s1. The number of carboxylic acids is 1. The third kappa shape index (κ3) is 1.35.